The fourth-order valence-corrected chi connectivity index (χ4v) is 2.61. The average molecular weight is 278 g/mol. The number of rotatable bonds is 2. The van der Waals surface area contributed by atoms with Crippen LogP contribution in [0.2, 0.25) is 0 Å². The van der Waals surface area contributed by atoms with Crippen LogP contribution in [0.4, 0.5) is 5.69 Å². The van der Waals surface area contributed by atoms with Crippen LogP contribution in [0.1, 0.15) is 45.7 Å². The van der Waals surface area contributed by atoms with Gasteiger partial charge in [0.2, 0.25) is 0 Å². The predicted molar refractivity (Wildman–Crippen MR) is 82.8 cm³/mol. The number of fused-ring (bicyclic) bond motifs is 2. The first-order valence-corrected chi connectivity index (χ1v) is 6.83. The molecule has 0 heterocycles. The zero-order valence-electron chi connectivity index (χ0n) is 12.1. The first kappa shape index (κ1) is 13.6. The Labute approximate surface area is 124 Å². The molecule has 1 N–H and O–H groups in total. The number of anilines is 1. The molecule has 0 spiro atoms. The molecule has 2 aromatic rings. The fourth-order valence-electron chi connectivity index (χ4n) is 2.61. The Morgan fingerprint density at radius 1 is 0.857 bits per heavy atom. The Balaban J connectivity index is 2.21. The number of carbonyl (C=O) groups excluding carboxylic acids is 2. The van der Waals surface area contributed by atoms with Crippen LogP contribution in [0.3, 0.4) is 0 Å². The quantitative estimate of drug-likeness (QED) is 0.780. The van der Waals surface area contributed by atoms with Gasteiger partial charge >= 0.3 is 0 Å². The lowest BCUT2D eigenvalue weighted by Gasteiger charge is -2.26. The SMILES string of the molecule is [CH2]C(C)(C)Nc1cccc2c1C(=O)c1ccccc1C2=O. The van der Waals surface area contributed by atoms with E-state index >= 15 is 0 Å². The maximum Gasteiger partial charge on any atom is 0.196 e. The molecule has 0 amide bonds. The molecule has 0 atom stereocenters. The Bertz CT molecular complexity index is 754. The molecular weight excluding hydrogens is 262 g/mol. The summed E-state index contributed by atoms with van der Waals surface area (Å²) in [4.78, 5) is 25.3. The monoisotopic (exact) mass is 278 g/mol. The van der Waals surface area contributed by atoms with E-state index in [0.717, 1.165) is 0 Å². The van der Waals surface area contributed by atoms with Crippen molar-refractivity contribution in [2.45, 2.75) is 19.4 Å². The van der Waals surface area contributed by atoms with Crippen LogP contribution < -0.4 is 5.32 Å². The van der Waals surface area contributed by atoms with Gasteiger partial charge in [-0.2, -0.15) is 0 Å². The summed E-state index contributed by atoms with van der Waals surface area (Å²) in [6.07, 6.45) is 0. The first-order valence-electron chi connectivity index (χ1n) is 6.83. The number of ketones is 2. The molecule has 21 heavy (non-hydrogen) atoms. The van der Waals surface area contributed by atoms with E-state index in [0.29, 0.717) is 27.9 Å². The molecule has 0 bridgehead atoms. The molecule has 1 aliphatic carbocycles. The summed E-state index contributed by atoms with van der Waals surface area (Å²) >= 11 is 0. The van der Waals surface area contributed by atoms with Crippen molar-refractivity contribution in [3.05, 3.63) is 71.6 Å². The summed E-state index contributed by atoms with van der Waals surface area (Å²) in [5.74, 6) is -0.224. The highest BCUT2D eigenvalue weighted by atomic mass is 16.1. The third-order valence-corrected chi connectivity index (χ3v) is 3.43. The summed E-state index contributed by atoms with van der Waals surface area (Å²) in [5.41, 5.74) is 2.05. The van der Waals surface area contributed by atoms with Gasteiger partial charge in [-0.1, -0.05) is 36.4 Å². The van der Waals surface area contributed by atoms with Crippen LogP contribution in [0.5, 0.6) is 0 Å². The van der Waals surface area contributed by atoms with E-state index in [9.17, 15) is 9.59 Å². The lowest BCUT2D eigenvalue weighted by Crippen LogP contribution is -2.30. The van der Waals surface area contributed by atoms with Crippen molar-refractivity contribution >= 4 is 17.3 Å². The molecule has 105 valence electrons. The van der Waals surface area contributed by atoms with Gasteiger partial charge in [0.25, 0.3) is 0 Å². The second kappa shape index (κ2) is 4.55. The molecule has 0 aromatic heterocycles. The van der Waals surface area contributed by atoms with Crippen LogP contribution >= 0.6 is 0 Å². The minimum Gasteiger partial charge on any atom is -0.380 e. The van der Waals surface area contributed by atoms with Crippen LogP contribution in [0.15, 0.2) is 42.5 Å². The molecule has 0 aliphatic heterocycles. The highest BCUT2D eigenvalue weighted by Gasteiger charge is 2.31. The zero-order valence-corrected chi connectivity index (χ0v) is 12.1. The molecule has 1 radical (unpaired) electrons. The van der Waals surface area contributed by atoms with Crippen molar-refractivity contribution in [3.63, 3.8) is 0 Å². The highest BCUT2D eigenvalue weighted by Crippen LogP contribution is 2.32. The molecule has 0 saturated heterocycles. The van der Waals surface area contributed by atoms with Crippen LogP contribution in [-0.4, -0.2) is 17.1 Å². The largest absolute Gasteiger partial charge is 0.380 e. The minimum absolute atomic E-state index is 0.106. The standard InChI is InChI=1S/C18H16NO2/c1-18(2,3)19-14-10-6-9-13-15(14)17(21)12-8-5-4-7-11(12)16(13)20/h4-10,19H,1H2,2-3H3. The maximum absolute atomic E-state index is 12.7. The lowest BCUT2D eigenvalue weighted by molar-refractivity contribution is 0.0979. The van der Waals surface area contributed by atoms with E-state index in [1.54, 1.807) is 36.4 Å². The zero-order chi connectivity index (χ0) is 15.2. The molecule has 0 saturated carbocycles. The Morgan fingerprint density at radius 2 is 1.43 bits per heavy atom. The van der Waals surface area contributed by atoms with Crippen molar-refractivity contribution in [1.29, 1.82) is 0 Å². The molecule has 3 rings (SSSR count). The normalized spacial score (nSPS) is 13.7. The van der Waals surface area contributed by atoms with E-state index in [1.807, 2.05) is 19.9 Å². The third kappa shape index (κ3) is 2.25. The number of hydrogen-bond donors (Lipinski definition) is 1. The molecule has 0 unspecified atom stereocenters. The second-order valence-corrected chi connectivity index (χ2v) is 5.94. The van der Waals surface area contributed by atoms with Crippen molar-refractivity contribution in [2.75, 3.05) is 5.32 Å². The number of nitrogens with one attached hydrogen (secondary N) is 1. The molecule has 1 aliphatic rings. The van der Waals surface area contributed by atoms with Crippen molar-refractivity contribution in [2.24, 2.45) is 0 Å². The summed E-state index contributed by atoms with van der Waals surface area (Å²) in [7, 11) is 0. The Hall–Kier alpha value is -2.42. The topological polar surface area (TPSA) is 46.2 Å². The van der Waals surface area contributed by atoms with E-state index in [2.05, 4.69) is 12.2 Å². The number of carbonyl (C=O) groups is 2. The van der Waals surface area contributed by atoms with Gasteiger partial charge in [-0.3, -0.25) is 9.59 Å². The minimum atomic E-state index is -0.435. The smallest absolute Gasteiger partial charge is 0.196 e. The average Bonchev–Trinajstić information content (AvgIpc) is 2.43. The molecular formula is C18H16NO2. The van der Waals surface area contributed by atoms with Gasteiger partial charge in [0.1, 0.15) is 0 Å². The van der Waals surface area contributed by atoms with E-state index in [-0.39, 0.29) is 11.6 Å². The van der Waals surface area contributed by atoms with E-state index < -0.39 is 5.54 Å². The highest BCUT2D eigenvalue weighted by molar-refractivity contribution is 6.30. The van der Waals surface area contributed by atoms with E-state index in [1.165, 1.54) is 0 Å². The van der Waals surface area contributed by atoms with Crippen molar-refractivity contribution in [1.82, 2.24) is 0 Å². The van der Waals surface area contributed by atoms with Crippen LogP contribution in [0, 0.1) is 6.92 Å². The fraction of sp³-hybridized carbons (Fsp3) is 0.167. The molecule has 3 nitrogen and oxygen atoms in total. The summed E-state index contributed by atoms with van der Waals surface area (Å²) < 4.78 is 0. The van der Waals surface area contributed by atoms with Gasteiger partial charge in [0, 0.05) is 27.9 Å². The first-order chi connectivity index (χ1) is 9.88. The van der Waals surface area contributed by atoms with Crippen molar-refractivity contribution in [3.8, 4) is 0 Å². The van der Waals surface area contributed by atoms with Gasteiger partial charge in [-0.15, -0.1) is 0 Å². The molecule has 0 fully saturated rings. The van der Waals surface area contributed by atoms with Gasteiger partial charge in [-0.05, 0) is 26.8 Å². The van der Waals surface area contributed by atoms with Gasteiger partial charge in [0.05, 0.1) is 5.56 Å². The lowest BCUT2D eigenvalue weighted by atomic mass is 9.83. The summed E-state index contributed by atoms with van der Waals surface area (Å²) in [6.45, 7) is 7.82. The maximum atomic E-state index is 12.7. The van der Waals surface area contributed by atoms with Gasteiger partial charge in [0.15, 0.2) is 11.6 Å². The van der Waals surface area contributed by atoms with Crippen molar-refractivity contribution < 1.29 is 9.59 Å². The number of hydrogen-bond acceptors (Lipinski definition) is 3. The van der Waals surface area contributed by atoms with Crippen LogP contribution in [-0.2, 0) is 0 Å². The molecule has 2 aromatic carbocycles. The second-order valence-electron chi connectivity index (χ2n) is 5.94. The Kier molecular flexibility index (Phi) is 2.94. The summed E-state index contributed by atoms with van der Waals surface area (Å²) in [6, 6.07) is 12.2. The van der Waals surface area contributed by atoms with Gasteiger partial charge in [-0.25, -0.2) is 0 Å². The number of benzene rings is 2. The Morgan fingerprint density at radius 3 is 2.05 bits per heavy atom. The molecule has 3 heteroatoms. The predicted octanol–water partition coefficient (Wildman–Crippen LogP) is 3.49. The van der Waals surface area contributed by atoms with E-state index in [4.69, 9.17) is 0 Å². The van der Waals surface area contributed by atoms with Gasteiger partial charge < -0.3 is 5.32 Å². The van der Waals surface area contributed by atoms with Crippen LogP contribution in [0.25, 0.3) is 0 Å². The summed E-state index contributed by atoms with van der Waals surface area (Å²) in [5, 5.41) is 3.21. The third-order valence-electron chi connectivity index (χ3n) is 3.43.